The Hall–Kier alpha value is -4.57. The Balaban J connectivity index is 1.28. The Kier molecular flexibility index (Phi) is 7.64. The van der Waals surface area contributed by atoms with Crippen LogP contribution in [0.25, 0.3) is 10.9 Å². The molecular formula is C29H28N6O3S. The summed E-state index contributed by atoms with van der Waals surface area (Å²) < 4.78 is 1.32. The molecule has 2 heterocycles. The number of amides is 3. The monoisotopic (exact) mass is 540 g/mol. The van der Waals surface area contributed by atoms with E-state index in [2.05, 4.69) is 28.2 Å². The van der Waals surface area contributed by atoms with E-state index < -0.39 is 12.1 Å². The number of hydrazine groups is 1. The SMILES string of the molecule is CCCc1nn(C(=O)NNC(=S)N[C@@H](Cc2ccccc2)CN2C(=O)c3ccccc3C2=O)c2ccccc12. The van der Waals surface area contributed by atoms with Gasteiger partial charge in [-0.15, -0.1) is 0 Å². The standard InChI is InChI=1S/C29H28N6O3S/c1-2-10-24-23-15-8-9-16-25(23)35(33-24)29(38)32-31-28(39)30-20(17-19-11-4-3-5-12-19)18-34-26(36)21-13-6-7-14-22(21)27(34)37/h3-9,11-16,20H,2,10,17-18H2,1H3,(H,32,38)(H2,30,31,39)/t20-/m0/s1. The number of hydrogen-bond acceptors (Lipinski definition) is 5. The van der Waals surface area contributed by atoms with Gasteiger partial charge < -0.3 is 5.32 Å². The molecule has 0 fully saturated rings. The maximum absolute atomic E-state index is 13.0. The van der Waals surface area contributed by atoms with Gasteiger partial charge >= 0.3 is 6.03 Å². The topological polar surface area (TPSA) is 108 Å². The van der Waals surface area contributed by atoms with Crippen LogP contribution in [0.15, 0.2) is 78.9 Å². The number of carbonyl (C=O) groups excluding carboxylic acids is 3. The van der Waals surface area contributed by atoms with Gasteiger partial charge in [0.1, 0.15) is 0 Å². The minimum absolute atomic E-state index is 0.0984. The first-order chi connectivity index (χ1) is 19.0. The van der Waals surface area contributed by atoms with Crippen molar-refractivity contribution in [1.29, 1.82) is 0 Å². The van der Waals surface area contributed by atoms with E-state index in [9.17, 15) is 14.4 Å². The van der Waals surface area contributed by atoms with Gasteiger partial charge in [0, 0.05) is 11.9 Å². The van der Waals surface area contributed by atoms with Crippen molar-refractivity contribution in [3.05, 3.63) is 101 Å². The van der Waals surface area contributed by atoms with Crippen LogP contribution in [0.5, 0.6) is 0 Å². The molecule has 1 aliphatic heterocycles. The number of imide groups is 1. The molecule has 0 unspecified atom stereocenters. The lowest BCUT2D eigenvalue weighted by Gasteiger charge is -2.25. The number of nitrogens with one attached hydrogen (secondary N) is 3. The summed E-state index contributed by atoms with van der Waals surface area (Å²) in [6.07, 6.45) is 2.16. The molecule has 0 spiro atoms. The molecule has 198 valence electrons. The molecule has 1 aromatic heterocycles. The van der Waals surface area contributed by atoms with Crippen LogP contribution in [-0.4, -0.2) is 50.2 Å². The summed E-state index contributed by atoms with van der Waals surface area (Å²) in [5.41, 5.74) is 8.68. The molecule has 1 aliphatic rings. The van der Waals surface area contributed by atoms with Gasteiger partial charge in [-0.25, -0.2) is 10.2 Å². The van der Waals surface area contributed by atoms with Gasteiger partial charge in [-0.3, -0.25) is 19.9 Å². The third kappa shape index (κ3) is 5.51. The summed E-state index contributed by atoms with van der Waals surface area (Å²) in [6, 6.07) is 23.2. The smallest absolute Gasteiger partial charge is 0.356 e. The number of aryl methyl sites for hydroxylation is 1. The molecule has 5 rings (SSSR count). The number of thiocarbonyl (C=S) groups is 1. The van der Waals surface area contributed by atoms with Crippen molar-refractivity contribution in [2.45, 2.75) is 32.2 Å². The van der Waals surface area contributed by atoms with Crippen LogP contribution in [0.1, 0.15) is 45.3 Å². The number of rotatable bonds is 7. The Morgan fingerprint density at radius 2 is 1.54 bits per heavy atom. The van der Waals surface area contributed by atoms with Gasteiger partial charge in [-0.1, -0.05) is 74.0 Å². The lowest BCUT2D eigenvalue weighted by atomic mass is 10.1. The molecule has 0 bridgehead atoms. The van der Waals surface area contributed by atoms with Crippen molar-refractivity contribution < 1.29 is 14.4 Å². The normalized spacial score (nSPS) is 13.3. The number of nitrogens with zero attached hydrogens (tertiary/aromatic N) is 3. The molecular weight excluding hydrogens is 512 g/mol. The molecule has 0 radical (unpaired) electrons. The number of aromatic nitrogens is 2. The van der Waals surface area contributed by atoms with Crippen LogP contribution in [0.2, 0.25) is 0 Å². The lowest BCUT2D eigenvalue weighted by molar-refractivity contribution is 0.0641. The number of carbonyl (C=O) groups is 3. The fraction of sp³-hybridized carbons (Fsp3) is 0.207. The van der Waals surface area contributed by atoms with Crippen molar-refractivity contribution in [3.63, 3.8) is 0 Å². The average molecular weight is 541 g/mol. The Morgan fingerprint density at radius 1 is 0.897 bits per heavy atom. The van der Waals surface area contributed by atoms with E-state index >= 15 is 0 Å². The fourth-order valence-electron chi connectivity index (χ4n) is 4.78. The van der Waals surface area contributed by atoms with E-state index in [1.54, 1.807) is 24.3 Å². The van der Waals surface area contributed by atoms with Crippen LogP contribution < -0.4 is 16.2 Å². The fourth-order valence-corrected chi connectivity index (χ4v) is 4.99. The van der Waals surface area contributed by atoms with Crippen molar-refractivity contribution in [1.82, 2.24) is 30.8 Å². The third-order valence-corrected chi connectivity index (χ3v) is 6.79. The lowest BCUT2D eigenvalue weighted by Crippen LogP contribution is -2.54. The summed E-state index contributed by atoms with van der Waals surface area (Å²) in [5, 5.41) is 8.73. The summed E-state index contributed by atoms with van der Waals surface area (Å²) in [7, 11) is 0. The summed E-state index contributed by atoms with van der Waals surface area (Å²) in [5.74, 6) is -0.674. The predicted octanol–water partition coefficient (Wildman–Crippen LogP) is 3.83. The van der Waals surface area contributed by atoms with Gasteiger partial charge in [0.15, 0.2) is 5.11 Å². The third-order valence-electron chi connectivity index (χ3n) is 6.57. The molecule has 0 saturated carbocycles. The van der Waals surface area contributed by atoms with Crippen LogP contribution in [-0.2, 0) is 12.8 Å². The van der Waals surface area contributed by atoms with Crippen molar-refractivity contribution in [2.24, 2.45) is 0 Å². The highest BCUT2D eigenvalue weighted by Crippen LogP contribution is 2.23. The highest BCUT2D eigenvalue weighted by Gasteiger charge is 2.36. The summed E-state index contributed by atoms with van der Waals surface area (Å²) >= 11 is 5.47. The zero-order valence-corrected chi connectivity index (χ0v) is 22.2. The maximum Gasteiger partial charge on any atom is 0.361 e. The van der Waals surface area contributed by atoms with Crippen molar-refractivity contribution in [3.8, 4) is 0 Å². The number of benzene rings is 3. The number of fused-ring (bicyclic) bond motifs is 2. The largest absolute Gasteiger partial charge is 0.361 e. The Labute approximate surface area is 231 Å². The molecule has 9 nitrogen and oxygen atoms in total. The van der Waals surface area contributed by atoms with Gasteiger partial charge in [0.2, 0.25) is 0 Å². The van der Waals surface area contributed by atoms with Crippen LogP contribution in [0, 0.1) is 0 Å². The molecule has 4 aromatic rings. The van der Waals surface area contributed by atoms with E-state index in [1.807, 2.05) is 54.6 Å². The number of para-hydroxylation sites is 1. The first-order valence-electron chi connectivity index (χ1n) is 12.8. The highest BCUT2D eigenvalue weighted by molar-refractivity contribution is 7.80. The second-order valence-electron chi connectivity index (χ2n) is 9.31. The van der Waals surface area contributed by atoms with Crippen LogP contribution in [0.3, 0.4) is 0 Å². The van der Waals surface area contributed by atoms with Crippen LogP contribution >= 0.6 is 12.2 Å². The first kappa shape index (κ1) is 26.1. The Morgan fingerprint density at radius 3 is 2.23 bits per heavy atom. The van der Waals surface area contributed by atoms with E-state index in [0.29, 0.717) is 23.1 Å². The molecule has 1 atom stereocenters. The second-order valence-corrected chi connectivity index (χ2v) is 9.72. The highest BCUT2D eigenvalue weighted by atomic mass is 32.1. The van der Waals surface area contributed by atoms with Gasteiger partial charge in [0.05, 0.1) is 28.4 Å². The molecule has 10 heteroatoms. The molecule has 3 N–H and O–H groups in total. The van der Waals surface area contributed by atoms with Gasteiger partial charge in [-0.2, -0.15) is 9.78 Å². The van der Waals surface area contributed by atoms with E-state index in [1.165, 1.54) is 9.58 Å². The molecule has 39 heavy (non-hydrogen) atoms. The van der Waals surface area contributed by atoms with E-state index in [0.717, 1.165) is 29.5 Å². The maximum atomic E-state index is 13.0. The molecule has 0 aliphatic carbocycles. The van der Waals surface area contributed by atoms with E-state index in [4.69, 9.17) is 12.2 Å². The zero-order valence-electron chi connectivity index (χ0n) is 21.4. The van der Waals surface area contributed by atoms with Crippen LogP contribution in [0.4, 0.5) is 4.79 Å². The van der Waals surface area contributed by atoms with E-state index in [-0.39, 0.29) is 23.5 Å². The first-order valence-corrected chi connectivity index (χ1v) is 13.2. The average Bonchev–Trinajstić information content (AvgIpc) is 3.43. The summed E-state index contributed by atoms with van der Waals surface area (Å²) in [6.45, 7) is 2.16. The van der Waals surface area contributed by atoms with Crippen molar-refractivity contribution in [2.75, 3.05) is 6.54 Å². The minimum atomic E-state index is -0.488. The predicted molar refractivity (Wildman–Crippen MR) is 152 cm³/mol. The quantitative estimate of drug-likeness (QED) is 0.186. The Bertz CT molecular complexity index is 1520. The van der Waals surface area contributed by atoms with Gasteiger partial charge in [-0.05, 0) is 48.8 Å². The van der Waals surface area contributed by atoms with Gasteiger partial charge in [0.25, 0.3) is 11.8 Å². The molecule has 3 amide bonds. The molecule has 3 aromatic carbocycles. The second kappa shape index (κ2) is 11.4. The summed E-state index contributed by atoms with van der Waals surface area (Å²) in [4.78, 5) is 40.2. The molecule has 0 saturated heterocycles. The zero-order chi connectivity index (χ0) is 27.4. The minimum Gasteiger partial charge on any atom is -0.356 e. The van der Waals surface area contributed by atoms with Crippen molar-refractivity contribution >= 4 is 46.1 Å². The number of hydrogen-bond donors (Lipinski definition) is 3.